The van der Waals surface area contributed by atoms with Gasteiger partial charge in [0, 0.05) is 20.3 Å². The number of hydrogen-bond donors (Lipinski definition) is 1. The lowest BCUT2D eigenvalue weighted by Crippen LogP contribution is -2.26. The van der Waals surface area contributed by atoms with Crippen molar-refractivity contribution in [2.45, 2.75) is 32.2 Å². The third-order valence-electron chi connectivity index (χ3n) is 3.42. The molecule has 2 aromatic rings. The predicted molar refractivity (Wildman–Crippen MR) is 91.0 cm³/mol. The Balaban J connectivity index is 2.25. The highest BCUT2D eigenvalue weighted by molar-refractivity contribution is 7.89. The van der Waals surface area contributed by atoms with Gasteiger partial charge in [-0.25, -0.2) is 23.1 Å². The van der Waals surface area contributed by atoms with E-state index in [0.29, 0.717) is 16.5 Å². The molecule has 0 saturated heterocycles. The van der Waals surface area contributed by atoms with E-state index >= 15 is 0 Å². The van der Waals surface area contributed by atoms with Gasteiger partial charge in [-0.1, -0.05) is 17.7 Å². The maximum Gasteiger partial charge on any atom is 0.241 e. The van der Waals surface area contributed by atoms with Crippen LogP contribution >= 0.6 is 0 Å². The molecule has 0 bridgehead atoms. The first-order chi connectivity index (χ1) is 10.7. The van der Waals surface area contributed by atoms with Crippen LogP contribution in [0.5, 0.6) is 0 Å². The van der Waals surface area contributed by atoms with Crippen LogP contribution in [-0.4, -0.2) is 32.5 Å². The molecule has 0 aliphatic rings. The summed E-state index contributed by atoms with van der Waals surface area (Å²) in [6.07, 6.45) is 1.62. The van der Waals surface area contributed by atoms with Gasteiger partial charge in [-0.2, -0.15) is 0 Å². The van der Waals surface area contributed by atoms with Gasteiger partial charge in [0.2, 0.25) is 16.0 Å². The first-order valence-corrected chi connectivity index (χ1v) is 8.76. The molecule has 23 heavy (non-hydrogen) atoms. The van der Waals surface area contributed by atoms with Crippen molar-refractivity contribution in [3.05, 3.63) is 46.8 Å². The van der Waals surface area contributed by atoms with Crippen LogP contribution in [0.3, 0.4) is 0 Å². The third-order valence-corrected chi connectivity index (χ3v) is 5.12. The van der Waals surface area contributed by atoms with Crippen LogP contribution in [-0.2, 0) is 16.6 Å². The second-order valence-corrected chi connectivity index (χ2v) is 7.50. The zero-order chi connectivity index (χ0) is 17.2. The lowest BCUT2D eigenvalue weighted by Gasteiger charge is -2.14. The summed E-state index contributed by atoms with van der Waals surface area (Å²) in [6.45, 7) is 5.69. The predicted octanol–water partition coefficient (Wildman–Crippen LogP) is 1.95. The number of benzene rings is 1. The van der Waals surface area contributed by atoms with E-state index in [1.54, 1.807) is 17.2 Å². The first kappa shape index (κ1) is 17.4. The minimum absolute atomic E-state index is 0.123. The highest BCUT2D eigenvalue weighted by atomic mass is 32.2. The van der Waals surface area contributed by atoms with Gasteiger partial charge in [0.1, 0.15) is 0 Å². The normalized spacial score (nSPS) is 11.5. The zero-order valence-electron chi connectivity index (χ0n) is 14.1. The molecule has 1 aromatic heterocycles. The van der Waals surface area contributed by atoms with Crippen LogP contribution in [0.1, 0.15) is 22.4 Å². The minimum atomic E-state index is -3.59. The molecular formula is C16H22N4O2S. The standard InChI is InChI=1S/C16H22N4O2S/c1-11-8-12(2)15(13(3)9-11)23(21,22)18-10-14-6-7-17-16(19-14)20(4)5/h6-9,18H,10H2,1-5H3. The third kappa shape index (κ3) is 4.05. The van der Waals surface area contributed by atoms with E-state index in [0.717, 1.165) is 16.7 Å². The molecule has 0 saturated carbocycles. The van der Waals surface area contributed by atoms with E-state index in [9.17, 15) is 8.42 Å². The maximum absolute atomic E-state index is 12.6. The summed E-state index contributed by atoms with van der Waals surface area (Å²) >= 11 is 0. The summed E-state index contributed by atoms with van der Waals surface area (Å²) < 4.78 is 27.8. The summed E-state index contributed by atoms with van der Waals surface area (Å²) in [7, 11) is 0.0776. The minimum Gasteiger partial charge on any atom is -0.347 e. The molecule has 7 heteroatoms. The Morgan fingerprint density at radius 3 is 2.30 bits per heavy atom. The van der Waals surface area contributed by atoms with E-state index < -0.39 is 10.0 Å². The molecule has 2 rings (SSSR count). The van der Waals surface area contributed by atoms with E-state index in [1.165, 1.54) is 0 Å². The Kier molecular flexibility index (Phi) is 5.01. The Labute approximate surface area is 137 Å². The van der Waals surface area contributed by atoms with Gasteiger partial charge >= 0.3 is 0 Å². The summed E-state index contributed by atoms with van der Waals surface area (Å²) in [4.78, 5) is 10.5. The molecule has 0 aliphatic carbocycles. The van der Waals surface area contributed by atoms with Gasteiger partial charge in [0.25, 0.3) is 0 Å². The van der Waals surface area contributed by atoms with Gasteiger partial charge in [-0.05, 0) is 38.0 Å². The van der Waals surface area contributed by atoms with Crippen molar-refractivity contribution < 1.29 is 8.42 Å². The molecule has 1 aromatic carbocycles. The summed E-state index contributed by atoms with van der Waals surface area (Å²) in [6, 6.07) is 5.44. The second-order valence-electron chi connectivity index (χ2n) is 5.79. The number of rotatable bonds is 5. The van der Waals surface area contributed by atoms with Gasteiger partial charge in [0.05, 0.1) is 17.1 Å². The summed E-state index contributed by atoms with van der Waals surface area (Å²) in [5.41, 5.74) is 3.15. The lowest BCUT2D eigenvalue weighted by molar-refractivity contribution is 0.579. The maximum atomic E-state index is 12.6. The fraction of sp³-hybridized carbons (Fsp3) is 0.375. The number of nitrogens with one attached hydrogen (secondary N) is 1. The number of aromatic nitrogens is 2. The van der Waals surface area contributed by atoms with Crippen LogP contribution in [0.4, 0.5) is 5.95 Å². The molecule has 6 nitrogen and oxygen atoms in total. The first-order valence-electron chi connectivity index (χ1n) is 7.27. The lowest BCUT2D eigenvalue weighted by atomic mass is 10.1. The quantitative estimate of drug-likeness (QED) is 0.904. The van der Waals surface area contributed by atoms with E-state index in [4.69, 9.17) is 0 Å². The topological polar surface area (TPSA) is 75.2 Å². The molecule has 0 amide bonds. The van der Waals surface area contributed by atoms with Crippen LogP contribution in [0.25, 0.3) is 0 Å². The Morgan fingerprint density at radius 2 is 1.74 bits per heavy atom. The van der Waals surface area contributed by atoms with E-state index in [2.05, 4.69) is 14.7 Å². The van der Waals surface area contributed by atoms with Crippen LogP contribution in [0, 0.1) is 20.8 Å². The molecular weight excluding hydrogens is 312 g/mol. The smallest absolute Gasteiger partial charge is 0.241 e. The average Bonchev–Trinajstić information content (AvgIpc) is 2.44. The number of anilines is 1. The Bertz CT molecular complexity index is 794. The van der Waals surface area contributed by atoms with Crippen molar-refractivity contribution in [1.29, 1.82) is 0 Å². The van der Waals surface area contributed by atoms with E-state index in [-0.39, 0.29) is 6.54 Å². The van der Waals surface area contributed by atoms with E-state index in [1.807, 2.05) is 47.0 Å². The SMILES string of the molecule is Cc1cc(C)c(S(=O)(=O)NCc2ccnc(N(C)C)n2)c(C)c1. The summed E-state index contributed by atoms with van der Waals surface area (Å²) in [5.74, 6) is 0.546. The summed E-state index contributed by atoms with van der Waals surface area (Å²) in [5, 5.41) is 0. The largest absolute Gasteiger partial charge is 0.347 e. The Hall–Kier alpha value is -1.99. The van der Waals surface area contributed by atoms with Gasteiger partial charge in [0.15, 0.2) is 0 Å². The molecule has 124 valence electrons. The number of sulfonamides is 1. The molecule has 0 radical (unpaired) electrons. The molecule has 0 aliphatic heterocycles. The molecule has 0 spiro atoms. The molecule has 0 fully saturated rings. The fourth-order valence-electron chi connectivity index (χ4n) is 2.53. The van der Waals surface area contributed by atoms with Crippen molar-refractivity contribution in [2.24, 2.45) is 0 Å². The van der Waals surface area contributed by atoms with Crippen molar-refractivity contribution in [3.8, 4) is 0 Å². The number of hydrogen-bond acceptors (Lipinski definition) is 5. The molecule has 1 heterocycles. The van der Waals surface area contributed by atoms with Crippen LogP contribution < -0.4 is 9.62 Å². The second kappa shape index (κ2) is 6.64. The molecule has 0 unspecified atom stereocenters. The monoisotopic (exact) mass is 334 g/mol. The molecule has 1 N–H and O–H groups in total. The fourth-order valence-corrected chi connectivity index (χ4v) is 3.98. The van der Waals surface area contributed by atoms with Crippen LogP contribution in [0.2, 0.25) is 0 Å². The highest BCUT2D eigenvalue weighted by Gasteiger charge is 2.19. The van der Waals surface area contributed by atoms with Gasteiger partial charge in [-0.3, -0.25) is 0 Å². The van der Waals surface area contributed by atoms with Crippen molar-refractivity contribution >= 4 is 16.0 Å². The van der Waals surface area contributed by atoms with Crippen molar-refractivity contribution in [1.82, 2.24) is 14.7 Å². The number of nitrogens with zero attached hydrogens (tertiary/aromatic N) is 3. The van der Waals surface area contributed by atoms with Crippen LogP contribution in [0.15, 0.2) is 29.3 Å². The van der Waals surface area contributed by atoms with Gasteiger partial charge < -0.3 is 4.90 Å². The molecule has 0 atom stereocenters. The van der Waals surface area contributed by atoms with Gasteiger partial charge in [-0.15, -0.1) is 0 Å². The highest BCUT2D eigenvalue weighted by Crippen LogP contribution is 2.21. The average molecular weight is 334 g/mol. The Morgan fingerprint density at radius 1 is 1.13 bits per heavy atom. The zero-order valence-corrected chi connectivity index (χ0v) is 14.9. The number of aryl methyl sites for hydroxylation is 3. The van der Waals surface area contributed by atoms with Crippen molar-refractivity contribution in [3.63, 3.8) is 0 Å². The van der Waals surface area contributed by atoms with Crippen molar-refractivity contribution in [2.75, 3.05) is 19.0 Å².